The maximum absolute atomic E-state index is 12.1. The number of hydrogen-bond donors (Lipinski definition) is 2. The Morgan fingerprint density at radius 1 is 1.33 bits per heavy atom. The van der Waals surface area contributed by atoms with Gasteiger partial charge >= 0.3 is 0 Å². The zero-order valence-electron chi connectivity index (χ0n) is 12.2. The molecule has 21 heavy (non-hydrogen) atoms. The van der Waals surface area contributed by atoms with Crippen molar-refractivity contribution in [3.8, 4) is 0 Å². The van der Waals surface area contributed by atoms with Crippen molar-refractivity contribution in [1.82, 2.24) is 10.2 Å². The van der Waals surface area contributed by atoms with Gasteiger partial charge in [-0.25, -0.2) is 0 Å². The maximum atomic E-state index is 12.1. The Bertz CT molecular complexity index is 634. The molecule has 0 radical (unpaired) electrons. The van der Waals surface area contributed by atoms with Crippen LogP contribution in [0.4, 0.5) is 10.8 Å². The van der Waals surface area contributed by atoms with Crippen LogP contribution in [0.25, 0.3) is 0 Å². The van der Waals surface area contributed by atoms with Gasteiger partial charge < -0.3 is 11.1 Å². The molecule has 1 aromatic heterocycles. The van der Waals surface area contributed by atoms with Gasteiger partial charge in [0.25, 0.3) is 0 Å². The van der Waals surface area contributed by atoms with Crippen molar-refractivity contribution in [1.29, 1.82) is 0 Å². The SMILES string of the molecule is CC(C)(C)c1ccccc1NC(=O)CSc1nnc(N)s1. The normalized spacial score (nSPS) is 11.4. The number of anilines is 2. The van der Waals surface area contributed by atoms with Crippen molar-refractivity contribution in [3.63, 3.8) is 0 Å². The number of amides is 1. The lowest BCUT2D eigenvalue weighted by atomic mass is 9.86. The van der Waals surface area contributed by atoms with Crippen LogP contribution in [0.3, 0.4) is 0 Å². The molecular formula is C14H18N4OS2. The molecule has 0 bridgehead atoms. The molecule has 2 aromatic rings. The second kappa shape index (κ2) is 6.44. The summed E-state index contributed by atoms with van der Waals surface area (Å²) < 4.78 is 0.701. The molecule has 7 heteroatoms. The number of thioether (sulfide) groups is 1. The molecule has 0 saturated heterocycles. The molecule has 0 spiro atoms. The first-order valence-corrected chi connectivity index (χ1v) is 8.27. The van der Waals surface area contributed by atoms with Crippen LogP contribution in [0.15, 0.2) is 28.6 Å². The van der Waals surface area contributed by atoms with Gasteiger partial charge in [0.05, 0.1) is 5.75 Å². The van der Waals surface area contributed by atoms with Crippen LogP contribution in [0.5, 0.6) is 0 Å². The van der Waals surface area contributed by atoms with Gasteiger partial charge in [0.15, 0.2) is 4.34 Å². The van der Waals surface area contributed by atoms with Crippen LogP contribution >= 0.6 is 23.1 Å². The molecule has 1 heterocycles. The predicted octanol–water partition coefficient (Wildman–Crippen LogP) is 3.15. The summed E-state index contributed by atoms with van der Waals surface area (Å²) >= 11 is 2.62. The molecule has 3 N–H and O–H groups in total. The Hall–Kier alpha value is -1.60. The summed E-state index contributed by atoms with van der Waals surface area (Å²) in [6.07, 6.45) is 0. The summed E-state index contributed by atoms with van der Waals surface area (Å²) in [5, 5.41) is 11.0. The molecule has 0 atom stereocenters. The Morgan fingerprint density at radius 2 is 2.05 bits per heavy atom. The molecule has 1 aromatic carbocycles. The van der Waals surface area contributed by atoms with Gasteiger partial charge in [0.1, 0.15) is 0 Å². The van der Waals surface area contributed by atoms with E-state index in [-0.39, 0.29) is 17.1 Å². The molecule has 0 unspecified atom stereocenters. The molecular weight excluding hydrogens is 304 g/mol. The summed E-state index contributed by atoms with van der Waals surface area (Å²) in [7, 11) is 0. The Labute approximate surface area is 132 Å². The number of nitrogen functional groups attached to an aromatic ring is 1. The van der Waals surface area contributed by atoms with Crippen molar-refractivity contribution in [3.05, 3.63) is 29.8 Å². The fourth-order valence-corrected chi connectivity index (χ4v) is 3.27. The van der Waals surface area contributed by atoms with Gasteiger partial charge in [-0.1, -0.05) is 62.1 Å². The quantitative estimate of drug-likeness (QED) is 0.845. The van der Waals surface area contributed by atoms with Gasteiger partial charge in [-0.2, -0.15) is 0 Å². The number of para-hydroxylation sites is 1. The Kier molecular flexibility index (Phi) is 4.84. The highest BCUT2D eigenvalue weighted by Gasteiger charge is 2.18. The number of nitrogens with one attached hydrogen (secondary N) is 1. The largest absolute Gasteiger partial charge is 0.374 e. The molecule has 0 fully saturated rings. The smallest absolute Gasteiger partial charge is 0.234 e. The van der Waals surface area contributed by atoms with Crippen molar-refractivity contribution >= 4 is 39.8 Å². The van der Waals surface area contributed by atoms with E-state index in [4.69, 9.17) is 5.73 Å². The second-order valence-corrected chi connectivity index (χ2v) is 7.77. The number of carbonyl (C=O) groups is 1. The summed E-state index contributed by atoms with van der Waals surface area (Å²) in [4.78, 5) is 12.1. The first-order valence-electron chi connectivity index (χ1n) is 6.47. The minimum absolute atomic E-state index is 0.0231. The zero-order valence-corrected chi connectivity index (χ0v) is 13.8. The maximum Gasteiger partial charge on any atom is 0.234 e. The molecule has 112 valence electrons. The van der Waals surface area contributed by atoms with E-state index in [1.165, 1.54) is 23.1 Å². The number of aromatic nitrogens is 2. The number of carbonyl (C=O) groups excluding carboxylic acids is 1. The molecule has 2 rings (SSSR count). The fourth-order valence-electron chi connectivity index (χ4n) is 1.84. The van der Waals surface area contributed by atoms with Crippen molar-refractivity contribution < 1.29 is 4.79 Å². The topological polar surface area (TPSA) is 80.9 Å². The highest BCUT2D eigenvalue weighted by Crippen LogP contribution is 2.29. The molecule has 0 saturated carbocycles. The first kappa shape index (κ1) is 15.8. The van der Waals surface area contributed by atoms with Gasteiger partial charge in [0, 0.05) is 5.69 Å². The van der Waals surface area contributed by atoms with Crippen LogP contribution < -0.4 is 11.1 Å². The molecule has 0 aliphatic heterocycles. The zero-order chi connectivity index (χ0) is 15.5. The van der Waals surface area contributed by atoms with E-state index >= 15 is 0 Å². The van der Waals surface area contributed by atoms with Crippen LogP contribution in [-0.4, -0.2) is 21.9 Å². The fraction of sp³-hybridized carbons (Fsp3) is 0.357. The van der Waals surface area contributed by atoms with Gasteiger partial charge in [-0.05, 0) is 17.0 Å². The molecule has 0 aliphatic rings. The van der Waals surface area contributed by atoms with E-state index in [0.29, 0.717) is 9.47 Å². The number of nitrogens with zero attached hydrogens (tertiary/aromatic N) is 2. The number of nitrogens with two attached hydrogens (primary N) is 1. The number of rotatable bonds is 4. The highest BCUT2D eigenvalue weighted by molar-refractivity contribution is 8.01. The molecule has 5 nitrogen and oxygen atoms in total. The lowest BCUT2D eigenvalue weighted by molar-refractivity contribution is -0.113. The number of benzene rings is 1. The van der Waals surface area contributed by atoms with Crippen molar-refractivity contribution in [2.24, 2.45) is 0 Å². The molecule has 1 amide bonds. The third-order valence-electron chi connectivity index (χ3n) is 2.76. The lowest BCUT2D eigenvalue weighted by Crippen LogP contribution is -2.19. The van der Waals surface area contributed by atoms with Gasteiger partial charge in [-0.15, -0.1) is 10.2 Å². The lowest BCUT2D eigenvalue weighted by Gasteiger charge is -2.22. The van der Waals surface area contributed by atoms with E-state index in [1.54, 1.807) is 0 Å². The second-order valence-electron chi connectivity index (χ2n) is 5.54. The van der Waals surface area contributed by atoms with Crippen LogP contribution in [0, 0.1) is 0 Å². The average molecular weight is 322 g/mol. The third-order valence-corrected chi connectivity index (χ3v) is 4.64. The Balaban J connectivity index is 2.00. The van der Waals surface area contributed by atoms with E-state index in [9.17, 15) is 4.79 Å². The average Bonchev–Trinajstić information content (AvgIpc) is 2.82. The third kappa shape index (κ3) is 4.44. The van der Waals surface area contributed by atoms with E-state index < -0.39 is 0 Å². The van der Waals surface area contributed by atoms with Crippen molar-refractivity contribution in [2.45, 2.75) is 30.5 Å². The Morgan fingerprint density at radius 3 is 2.67 bits per heavy atom. The van der Waals surface area contributed by atoms with Gasteiger partial charge in [-0.3, -0.25) is 4.79 Å². The highest BCUT2D eigenvalue weighted by atomic mass is 32.2. The van der Waals surface area contributed by atoms with Crippen LogP contribution in [-0.2, 0) is 10.2 Å². The summed E-state index contributed by atoms with van der Waals surface area (Å²) in [5.74, 6) is 0.220. The predicted molar refractivity (Wildman–Crippen MR) is 88.8 cm³/mol. The summed E-state index contributed by atoms with van der Waals surface area (Å²) in [6.45, 7) is 6.37. The first-order chi connectivity index (χ1) is 9.86. The number of hydrogen-bond acceptors (Lipinski definition) is 6. The van der Waals surface area contributed by atoms with E-state index in [0.717, 1.165) is 11.3 Å². The summed E-state index contributed by atoms with van der Waals surface area (Å²) in [5.41, 5.74) is 7.45. The monoisotopic (exact) mass is 322 g/mol. The van der Waals surface area contributed by atoms with Gasteiger partial charge in [0.2, 0.25) is 11.0 Å². The summed E-state index contributed by atoms with van der Waals surface area (Å²) in [6, 6.07) is 7.86. The minimum Gasteiger partial charge on any atom is -0.374 e. The van der Waals surface area contributed by atoms with Crippen molar-refractivity contribution in [2.75, 3.05) is 16.8 Å². The standard InChI is InChI=1S/C14H18N4OS2/c1-14(2,3)9-6-4-5-7-10(9)16-11(19)8-20-13-18-17-12(15)21-13/h4-7H,8H2,1-3H3,(H2,15,17)(H,16,19). The van der Waals surface area contributed by atoms with Crippen LogP contribution in [0.2, 0.25) is 0 Å². The van der Waals surface area contributed by atoms with E-state index in [1.807, 2.05) is 24.3 Å². The minimum atomic E-state index is -0.0644. The van der Waals surface area contributed by atoms with Crippen LogP contribution in [0.1, 0.15) is 26.3 Å². The van der Waals surface area contributed by atoms with E-state index in [2.05, 4.69) is 36.3 Å². The molecule has 0 aliphatic carbocycles.